The number of aliphatic hydroxyl groups is 1. The molecule has 0 radical (unpaired) electrons. The van der Waals surface area contributed by atoms with E-state index in [0.29, 0.717) is 36.1 Å². The highest BCUT2D eigenvalue weighted by atomic mass is 35.5. The third kappa shape index (κ3) is 12.6. The van der Waals surface area contributed by atoms with Crippen molar-refractivity contribution in [2.24, 2.45) is 0 Å². The number of likely N-dealkylation sites (tertiary alicyclic amines) is 1. The lowest BCUT2D eigenvalue weighted by molar-refractivity contribution is 0.0701. The van der Waals surface area contributed by atoms with Crippen LogP contribution in [0.15, 0.2) is 18.2 Å². The van der Waals surface area contributed by atoms with Gasteiger partial charge >= 0.3 is 6.03 Å². The van der Waals surface area contributed by atoms with Crippen molar-refractivity contribution in [3.63, 3.8) is 0 Å². The summed E-state index contributed by atoms with van der Waals surface area (Å²) in [6, 6.07) is 6.46. The van der Waals surface area contributed by atoms with Crippen LogP contribution in [-0.4, -0.2) is 121 Å². The maximum absolute atomic E-state index is 12.1. The highest BCUT2D eigenvalue weighted by Crippen LogP contribution is 2.29. The molecule has 274 valence electrons. The maximum Gasteiger partial charge on any atom is 0.315 e. The number of carbonyl (C=O) groups is 2. The van der Waals surface area contributed by atoms with Crippen LogP contribution in [0.4, 0.5) is 16.4 Å². The number of aryl methyl sites for hydroxylation is 1. The molecular formula is C34H55Cl2N9O4. The number of nitrogens with one attached hydrogen (secondary N) is 3. The summed E-state index contributed by atoms with van der Waals surface area (Å²) in [6.45, 7) is 15.7. The number of urea groups is 1. The lowest BCUT2D eigenvalue weighted by atomic mass is 9.98. The molecule has 4 rings (SSSR count). The molecule has 1 atom stereocenters. The molecule has 0 spiro atoms. The number of ether oxygens (including phenoxy) is 1. The summed E-state index contributed by atoms with van der Waals surface area (Å²) in [6.07, 6.45) is 4.34. The molecular weight excluding hydrogens is 669 g/mol. The molecule has 49 heavy (non-hydrogen) atoms. The van der Waals surface area contributed by atoms with E-state index in [2.05, 4.69) is 61.5 Å². The van der Waals surface area contributed by atoms with Crippen LogP contribution in [0.25, 0.3) is 0 Å². The average molecular weight is 725 g/mol. The van der Waals surface area contributed by atoms with Gasteiger partial charge < -0.3 is 41.3 Å². The number of nitrogen functional groups attached to an aromatic ring is 1. The van der Waals surface area contributed by atoms with Crippen LogP contribution >= 0.6 is 23.2 Å². The molecule has 0 unspecified atom stereocenters. The molecule has 13 nitrogen and oxygen atoms in total. The number of hydrogen-bond donors (Lipinski definition) is 5. The summed E-state index contributed by atoms with van der Waals surface area (Å²) in [4.78, 5) is 39.4. The van der Waals surface area contributed by atoms with E-state index in [1.165, 1.54) is 12.8 Å². The Morgan fingerprint density at radius 2 is 1.78 bits per heavy atom. The summed E-state index contributed by atoms with van der Waals surface area (Å²) in [5, 5.41) is 17.8. The Bertz CT molecular complexity index is 1370. The lowest BCUT2D eigenvalue weighted by Crippen LogP contribution is -2.58. The van der Waals surface area contributed by atoms with Gasteiger partial charge in [0.2, 0.25) is 0 Å². The van der Waals surface area contributed by atoms with Crippen LogP contribution in [0.3, 0.4) is 0 Å². The Labute approximate surface area is 301 Å². The second kappa shape index (κ2) is 19.3. The number of piperazine rings is 1. The quantitative estimate of drug-likeness (QED) is 0.216. The molecule has 6 N–H and O–H groups in total. The summed E-state index contributed by atoms with van der Waals surface area (Å²) in [5.74, 6) is 0.865. The average Bonchev–Trinajstić information content (AvgIpc) is 3.06. The Balaban J connectivity index is 0.000000286. The Hall–Kier alpha value is -3.10. The number of nitrogens with two attached hydrogens (primary N) is 1. The van der Waals surface area contributed by atoms with E-state index in [0.717, 1.165) is 56.9 Å². The molecule has 0 bridgehead atoms. The van der Waals surface area contributed by atoms with Crippen LogP contribution in [0, 0.1) is 0 Å². The number of hydrogen-bond acceptors (Lipinski definition) is 10. The number of benzene rings is 1. The minimum atomic E-state index is -0.490. The van der Waals surface area contributed by atoms with Gasteiger partial charge in [-0.25, -0.2) is 14.8 Å². The van der Waals surface area contributed by atoms with Gasteiger partial charge in [0.15, 0.2) is 22.5 Å². The van der Waals surface area contributed by atoms with Crippen LogP contribution in [-0.2, 0) is 6.42 Å². The van der Waals surface area contributed by atoms with Crippen molar-refractivity contribution in [3.8, 4) is 5.75 Å². The minimum absolute atomic E-state index is 0.01000. The van der Waals surface area contributed by atoms with Crippen molar-refractivity contribution in [1.82, 2.24) is 35.7 Å². The summed E-state index contributed by atoms with van der Waals surface area (Å²) in [7, 11) is 2.18. The second-order valence-electron chi connectivity index (χ2n) is 13.4. The Kier molecular flexibility index (Phi) is 15.9. The van der Waals surface area contributed by atoms with Crippen LogP contribution < -0.4 is 31.3 Å². The largest absolute Gasteiger partial charge is 0.491 e. The summed E-state index contributed by atoms with van der Waals surface area (Å²) in [5.41, 5.74) is 6.85. The number of halogens is 2. The van der Waals surface area contributed by atoms with Crippen molar-refractivity contribution < 1.29 is 19.4 Å². The van der Waals surface area contributed by atoms with Gasteiger partial charge in [-0.1, -0.05) is 43.1 Å². The van der Waals surface area contributed by atoms with E-state index in [1.807, 2.05) is 32.9 Å². The Morgan fingerprint density at radius 1 is 1.06 bits per heavy atom. The van der Waals surface area contributed by atoms with Crippen molar-refractivity contribution in [2.75, 3.05) is 76.7 Å². The topological polar surface area (TPSA) is 161 Å². The first-order valence-corrected chi connectivity index (χ1v) is 17.9. The molecule has 2 aliphatic heterocycles. The molecule has 3 amide bonds. The number of carbonyl (C=O) groups excluding carboxylic acids is 2. The van der Waals surface area contributed by atoms with Gasteiger partial charge in [-0.3, -0.25) is 9.69 Å². The zero-order valence-corrected chi connectivity index (χ0v) is 31.3. The van der Waals surface area contributed by atoms with E-state index >= 15 is 0 Å². The van der Waals surface area contributed by atoms with Crippen LogP contribution in [0.2, 0.25) is 10.2 Å². The SMILES string of the molecule is CC[C@H]1CN(c2nc(N)c(C(=O)NCCO)nc2Cl)CCN1C1CCN(C)CC1.CCc1ccc(Cl)cc1OCCNC(=O)NC(C)(C)C. The molecule has 0 saturated carbocycles. The fourth-order valence-electron chi connectivity index (χ4n) is 5.94. The van der Waals surface area contributed by atoms with Crippen molar-refractivity contribution >= 4 is 46.8 Å². The molecule has 15 heteroatoms. The van der Waals surface area contributed by atoms with Crippen molar-refractivity contribution in [2.45, 2.75) is 77.9 Å². The van der Waals surface area contributed by atoms with E-state index in [1.54, 1.807) is 6.07 Å². The first-order chi connectivity index (χ1) is 23.3. The number of aromatic nitrogens is 2. The van der Waals surface area contributed by atoms with Gasteiger partial charge in [-0.05, 0) is 84.3 Å². The molecule has 2 aromatic rings. The van der Waals surface area contributed by atoms with Crippen molar-refractivity contribution in [3.05, 3.63) is 39.6 Å². The predicted molar refractivity (Wildman–Crippen MR) is 197 cm³/mol. The molecule has 3 heterocycles. The normalized spacial score (nSPS) is 17.6. The number of anilines is 2. The molecule has 2 fully saturated rings. The van der Waals surface area contributed by atoms with Gasteiger partial charge in [0.25, 0.3) is 5.91 Å². The molecule has 1 aromatic heterocycles. The zero-order valence-electron chi connectivity index (χ0n) is 29.8. The second-order valence-corrected chi connectivity index (χ2v) is 14.2. The van der Waals surface area contributed by atoms with Gasteiger partial charge in [0, 0.05) is 48.8 Å². The number of nitrogens with zero attached hydrogens (tertiary/aromatic N) is 5. The van der Waals surface area contributed by atoms with Crippen LogP contribution in [0.5, 0.6) is 5.75 Å². The summed E-state index contributed by atoms with van der Waals surface area (Å²) < 4.78 is 5.66. The zero-order chi connectivity index (χ0) is 36.1. The predicted octanol–water partition coefficient (Wildman–Crippen LogP) is 3.81. The van der Waals surface area contributed by atoms with Gasteiger partial charge in [0.05, 0.1) is 13.2 Å². The fourth-order valence-corrected chi connectivity index (χ4v) is 6.35. The number of piperidine rings is 1. The highest BCUT2D eigenvalue weighted by molar-refractivity contribution is 6.32. The van der Waals surface area contributed by atoms with Gasteiger partial charge in [-0.2, -0.15) is 0 Å². The van der Waals surface area contributed by atoms with Gasteiger partial charge in [0.1, 0.15) is 12.4 Å². The fraction of sp³-hybridized carbons (Fsp3) is 0.647. The van der Waals surface area contributed by atoms with E-state index in [4.69, 9.17) is 38.8 Å². The van der Waals surface area contributed by atoms with E-state index in [9.17, 15) is 9.59 Å². The first-order valence-electron chi connectivity index (χ1n) is 17.1. The monoisotopic (exact) mass is 723 g/mol. The standard InChI is InChI=1S/C19H32ClN7O2.C15H23ClN2O2/c1-3-13-12-26(9-10-27(13)14-4-7-25(2)8-5-14)18-16(20)23-15(17(21)24-18)19(29)22-6-11-28;1-5-11-6-7-12(16)10-13(11)20-9-8-17-14(19)18-15(2,3)4/h13-14,28H,3-12H2,1-2H3,(H2,21,24)(H,22,29);6-7,10H,5,8-9H2,1-4H3,(H2,17,18,19)/t13-;/m0./s1. The van der Waals surface area contributed by atoms with Gasteiger partial charge in [-0.15, -0.1) is 0 Å². The Morgan fingerprint density at radius 3 is 2.41 bits per heavy atom. The third-order valence-electron chi connectivity index (χ3n) is 8.48. The molecule has 0 aliphatic carbocycles. The molecule has 2 saturated heterocycles. The first kappa shape index (κ1) is 40.3. The highest BCUT2D eigenvalue weighted by Gasteiger charge is 2.34. The smallest absolute Gasteiger partial charge is 0.315 e. The summed E-state index contributed by atoms with van der Waals surface area (Å²) >= 11 is 12.3. The molecule has 2 aliphatic rings. The molecule has 1 aromatic carbocycles. The van der Waals surface area contributed by atoms with Crippen molar-refractivity contribution in [1.29, 1.82) is 0 Å². The van der Waals surface area contributed by atoms with E-state index in [-0.39, 0.29) is 41.4 Å². The minimum Gasteiger partial charge on any atom is -0.491 e. The van der Waals surface area contributed by atoms with Crippen LogP contribution in [0.1, 0.15) is 69.9 Å². The number of amides is 3. The third-order valence-corrected chi connectivity index (χ3v) is 8.96. The maximum atomic E-state index is 12.1. The van der Waals surface area contributed by atoms with E-state index < -0.39 is 5.91 Å². The number of aliphatic hydroxyl groups excluding tert-OH is 1. The lowest BCUT2D eigenvalue weighted by Gasteiger charge is -2.47. The number of rotatable bonds is 11.